The van der Waals surface area contributed by atoms with Crippen LogP contribution in [0.4, 0.5) is 10.8 Å². The first-order valence-corrected chi connectivity index (χ1v) is 9.15. The Hall–Kier alpha value is -1.42. The average Bonchev–Trinajstić information content (AvgIpc) is 2.91. The number of fused-ring (bicyclic) bond motifs is 1. The first-order chi connectivity index (χ1) is 10.5. The molecule has 22 heavy (non-hydrogen) atoms. The van der Waals surface area contributed by atoms with Crippen LogP contribution >= 0.6 is 11.3 Å². The van der Waals surface area contributed by atoms with Gasteiger partial charge < -0.3 is 9.64 Å². The molecule has 1 fully saturated rings. The van der Waals surface area contributed by atoms with Crippen molar-refractivity contribution >= 4 is 42.6 Å². The van der Waals surface area contributed by atoms with Gasteiger partial charge in [0.1, 0.15) is 0 Å². The standard InChI is InChI=1S/C13H18N4O3S2/c1-16(2)22(18,19)15-10-3-4-11-12(9-10)21-13(14-11)17-5-7-20-8-6-17/h3-4,9,15H,5-8H2,1-2H3. The highest BCUT2D eigenvalue weighted by Gasteiger charge is 2.17. The Balaban J connectivity index is 1.87. The van der Waals surface area contributed by atoms with Crippen LogP contribution in [0.3, 0.4) is 0 Å². The zero-order valence-corrected chi connectivity index (χ0v) is 14.1. The number of aromatic nitrogens is 1. The number of nitrogens with zero attached hydrogens (tertiary/aromatic N) is 3. The lowest BCUT2D eigenvalue weighted by atomic mass is 10.3. The number of benzene rings is 1. The Morgan fingerprint density at radius 3 is 2.73 bits per heavy atom. The van der Waals surface area contributed by atoms with Crippen molar-refractivity contribution in [2.75, 3.05) is 50.0 Å². The van der Waals surface area contributed by atoms with Crippen LogP contribution in [0.15, 0.2) is 18.2 Å². The van der Waals surface area contributed by atoms with E-state index in [9.17, 15) is 8.42 Å². The second kappa shape index (κ2) is 5.99. The third kappa shape index (κ3) is 3.17. The molecule has 2 heterocycles. The summed E-state index contributed by atoms with van der Waals surface area (Å²) in [5.74, 6) is 0. The second-order valence-electron chi connectivity index (χ2n) is 5.17. The topological polar surface area (TPSA) is 74.8 Å². The van der Waals surface area contributed by atoms with Gasteiger partial charge in [-0.2, -0.15) is 12.7 Å². The molecule has 0 amide bonds. The number of thiazole rings is 1. The van der Waals surface area contributed by atoms with Crippen LogP contribution in [0.25, 0.3) is 10.2 Å². The van der Waals surface area contributed by atoms with Gasteiger partial charge in [0.2, 0.25) is 0 Å². The number of hydrogen-bond donors (Lipinski definition) is 1. The molecule has 0 unspecified atom stereocenters. The molecule has 1 aliphatic rings. The van der Waals surface area contributed by atoms with Gasteiger partial charge >= 0.3 is 10.2 Å². The molecule has 120 valence electrons. The van der Waals surface area contributed by atoms with Gasteiger partial charge in [0.25, 0.3) is 0 Å². The lowest BCUT2D eigenvalue weighted by Crippen LogP contribution is -2.36. The molecule has 3 rings (SSSR count). The fourth-order valence-corrected chi connectivity index (χ4v) is 3.77. The van der Waals surface area contributed by atoms with Gasteiger partial charge in [-0.15, -0.1) is 0 Å². The summed E-state index contributed by atoms with van der Waals surface area (Å²) in [5, 5.41) is 0.950. The van der Waals surface area contributed by atoms with Crippen LogP contribution in [0.5, 0.6) is 0 Å². The number of nitrogens with one attached hydrogen (secondary N) is 1. The van der Waals surface area contributed by atoms with Crippen molar-refractivity contribution in [3.63, 3.8) is 0 Å². The molecule has 9 heteroatoms. The molecule has 1 N–H and O–H groups in total. The van der Waals surface area contributed by atoms with Gasteiger partial charge in [0, 0.05) is 27.2 Å². The minimum atomic E-state index is -3.49. The molecule has 0 spiro atoms. The van der Waals surface area contributed by atoms with Gasteiger partial charge in [0.05, 0.1) is 29.1 Å². The van der Waals surface area contributed by atoms with Crippen molar-refractivity contribution in [3.05, 3.63) is 18.2 Å². The Kier molecular flexibility index (Phi) is 4.22. The highest BCUT2D eigenvalue weighted by molar-refractivity contribution is 7.90. The van der Waals surface area contributed by atoms with E-state index in [-0.39, 0.29) is 0 Å². The number of morpholine rings is 1. The molecule has 1 aromatic heterocycles. The summed E-state index contributed by atoms with van der Waals surface area (Å²) in [5.41, 5.74) is 1.41. The van der Waals surface area contributed by atoms with Crippen molar-refractivity contribution in [3.8, 4) is 0 Å². The van der Waals surface area contributed by atoms with Crippen molar-refractivity contribution in [1.29, 1.82) is 0 Å². The third-order valence-electron chi connectivity index (χ3n) is 3.39. The zero-order valence-electron chi connectivity index (χ0n) is 12.4. The van der Waals surface area contributed by atoms with E-state index >= 15 is 0 Å². The molecule has 0 saturated carbocycles. The molecular formula is C13H18N4O3S2. The summed E-state index contributed by atoms with van der Waals surface area (Å²) >= 11 is 1.56. The van der Waals surface area contributed by atoms with Gasteiger partial charge in [0.15, 0.2) is 5.13 Å². The highest BCUT2D eigenvalue weighted by atomic mass is 32.2. The Morgan fingerprint density at radius 1 is 1.32 bits per heavy atom. The Bertz CT molecular complexity index is 767. The number of hydrogen-bond acceptors (Lipinski definition) is 6. The van der Waals surface area contributed by atoms with E-state index in [0.29, 0.717) is 18.9 Å². The summed E-state index contributed by atoms with van der Waals surface area (Å²) in [6.45, 7) is 3.09. The second-order valence-corrected chi connectivity index (χ2v) is 8.06. The van der Waals surface area contributed by atoms with E-state index in [1.54, 1.807) is 17.4 Å². The molecule has 2 aromatic rings. The van der Waals surface area contributed by atoms with E-state index in [1.807, 2.05) is 12.1 Å². The summed E-state index contributed by atoms with van der Waals surface area (Å²) in [7, 11) is -0.513. The van der Waals surface area contributed by atoms with E-state index in [4.69, 9.17) is 4.74 Å². The van der Waals surface area contributed by atoms with Crippen molar-refractivity contribution < 1.29 is 13.2 Å². The fourth-order valence-electron chi connectivity index (χ4n) is 2.11. The predicted octanol–water partition coefficient (Wildman–Crippen LogP) is 1.35. The molecular weight excluding hydrogens is 324 g/mol. The van der Waals surface area contributed by atoms with Crippen molar-refractivity contribution in [1.82, 2.24) is 9.29 Å². The Morgan fingerprint density at radius 2 is 2.05 bits per heavy atom. The number of ether oxygens (including phenoxy) is 1. The monoisotopic (exact) mass is 342 g/mol. The van der Waals surface area contributed by atoms with Gasteiger partial charge in [-0.25, -0.2) is 4.98 Å². The zero-order chi connectivity index (χ0) is 15.7. The molecule has 0 atom stereocenters. The molecule has 1 aliphatic heterocycles. The van der Waals surface area contributed by atoms with Crippen LogP contribution in [0, 0.1) is 0 Å². The summed E-state index contributed by atoms with van der Waals surface area (Å²) in [6, 6.07) is 5.38. The molecule has 7 nitrogen and oxygen atoms in total. The lowest BCUT2D eigenvalue weighted by molar-refractivity contribution is 0.122. The maximum Gasteiger partial charge on any atom is 0.301 e. The van der Waals surface area contributed by atoms with Crippen LogP contribution in [-0.2, 0) is 14.9 Å². The van der Waals surface area contributed by atoms with E-state index in [2.05, 4.69) is 14.6 Å². The minimum Gasteiger partial charge on any atom is -0.378 e. The first kappa shape index (κ1) is 15.5. The quantitative estimate of drug-likeness (QED) is 0.908. The van der Waals surface area contributed by atoms with E-state index in [1.165, 1.54) is 14.1 Å². The molecule has 0 radical (unpaired) electrons. The molecule has 1 saturated heterocycles. The van der Waals surface area contributed by atoms with E-state index < -0.39 is 10.2 Å². The summed E-state index contributed by atoms with van der Waals surface area (Å²) in [6.07, 6.45) is 0. The third-order valence-corrected chi connectivity index (χ3v) is 5.92. The molecule has 0 bridgehead atoms. The van der Waals surface area contributed by atoms with E-state index in [0.717, 1.165) is 32.7 Å². The van der Waals surface area contributed by atoms with Gasteiger partial charge in [-0.1, -0.05) is 11.3 Å². The fraction of sp³-hybridized carbons (Fsp3) is 0.462. The average molecular weight is 342 g/mol. The molecule has 0 aliphatic carbocycles. The van der Waals surface area contributed by atoms with Crippen molar-refractivity contribution in [2.24, 2.45) is 0 Å². The summed E-state index contributed by atoms with van der Waals surface area (Å²) < 4.78 is 33.7. The van der Waals surface area contributed by atoms with Crippen LogP contribution < -0.4 is 9.62 Å². The van der Waals surface area contributed by atoms with Gasteiger partial charge in [-0.3, -0.25) is 4.72 Å². The first-order valence-electron chi connectivity index (χ1n) is 6.89. The largest absolute Gasteiger partial charge is 0.378 e. The number of rotatable bonds is 4. The summed E-state index contributed by atoms with van der Waals surface area (Å²) in [4.78, 5) is 6.80. The molecule has 1 aromatic carbocycles. The van der Waals surface area contributed by atoms with Crippen LogP contribution in [-0.4, -0.2) is 58.1 Å². The SMILES string of the molecule is CN(C)S(=O)(=O)Nc1ccc2nc(N3CCOCC3)sc2c1. The number of anilines is 2. The normalized spacial score (nSPS) is 16.4. The van der Waals surface area contributed by atoms with Crippen LogP contribution in [0.1, 0.15) is 0 Å². The highest BCUT2D eigenvalue weighted by Crippen LogP contribution is 2.31. The lowest BCUT2D eigenvalue weighted by Gasteiger charge is -2.25. The Labute approximate surface area is 133 Å². The maximum atomic E-state index is 11.9. The minimum absolute atomic E-state index is 0.540. The van der Waals surface area contributed by atoms with Gasteiger partial charge in [-0.05, 0) is 18.2 Å². The predicted molar refractivity (Wildman–Crippen MR) is 88.9 cm³/mol. The van der Waals surface area contributed by atoms with Crippen LogP contribution in [0.2, 0.25) is 0 Å². The maximum absolute atomic E-state index is 11.9. The smallest absolute Gasteiger partial charge is 0.301 e. The van der Waals surface area contributed by atoms with Crippen molar-refractivity contribution in [2.45, 2.75) is 0 Å².